The van der Waals surface area contributed by atoms with Gasteiger partial charge in [0.05, 0.1) is 11.4 Å². The maximum atomic E-state index is 13.3. The molecule has 1 saturated heterocycles. The second-order valence-electron chi connectivity index (χ2n) is 10.1. The highest BCUT2D eigenvalue weighted by Gasteiger charge is 2.32. The van der Waals surface area contributed by atoms with E-state index in [0.29, 0.717) is 12.3 Å². The van der Waals surface area contributed by atoms with Gasteiger partial charge in [0.15, 0.2) is 12.4 Å². The molecule has 7 nitrogen and oxygen atoms in total. The van der Waals surface area contributed by atoms with E-state index in [1.54, 1.807) is 0 Å². The number of hydrogen-bond acceptors (Lipinski definition) is 6. The lowest BCUT2D eigenvalue weighted by Gasteiger charge is -2.44. The van der Waals surface area contributed by atoms with Crippen molar-refractivity contribution in [1.82, 2.24) is 9.80 Å². The molecule has 0 bridgehead atoms. The van der Waals surface area contributed by atoms with Gasteiger partial charge < -0.3 is 24.3 Å². The van der Waals surface area contributed by atoms with Crippen LogP contribution in [0.15, 0.2) is 36.4 Å². The Morgan fingerprint density at radius 3 is 2.00 bits per heavy atom. The van der Waals surface area contributed by atoms with Crippen LogP contribution in [0.4, 0.5) is 21.5 Å². The normalized spacial score (nSPS) is 18.4. The number of amides is 1. The Bertz CT molecular complexity index is 980. The van der Waals surface area contributed by atoms with Crippen LogP contribution in [0.25, 0.3) is 0 Å². The first-order chi connectivity index (χ1) is 16.5. The standard InChI is InChI=1S/C27H40FN5O2/c1-19-16-33(20(2)15-32(19)17-21-9-11-22(28)12-10-21)26(34)18-35-27-24(30(5)6)13-23(29(3)4)14-25(27)31(7)8/h9-14,19-20H,15-18H2,1-8H3. The molecule has 0 radical (unpaired) electrons. The predicted octanol–water partition coefficient (Wildman–Crippen LogP) is 3.52. The maximum absolute atomic E-state index is 13.3. The Balaban J connectivity index is 1.71. The average Bonchev–Trinajstić information content (AvgIpc) is 2.80. The summed E-state index contributed by atoms with van der Waals surface area (Å²) in [6, 6.07) is 11.0. The van der Waals surface area contributed by atoms with Crippen LogP contribution in [0, 0.1) is 5.82 Å². The minimum atomic E-state index is -0.225. The summed E-state index contributed by atoms with van der Waals surface area (Å²) in [7, 11) is 11.9. The van der Waals surface area contributed by atoms with Crippen molar-refractivity contribution >= 4 is 23.0 Å². The molecule has 0 aromatic heterocycles. The number of carbonyl (C=O) groups excluding carboxylic acids is 1. The van der Waals surface area contributed by atoms with Crippen LogP contribution in [0.1, 0.15) is 19.4 Å². The molecule has 1 heterocycles. The number of hydrogen-bond donors (Lipinski definition) is 0. The van der Waals surface area contributed by atoms with Crippen molar-refractivity contribution in [1.29, 1.82) is 0 Å². The Hall–Kier alpha value is -3.00. The van der Waals surface area contributed by atoms with Gasteiger partial charge in [-0.3, -0.25) is 9.69 Å². The largest absolute Gasteiger partial charge is 0.479 e. The van der Waals surface area contributed by atoms with E-state index in [9.17, 15) is 9.18 Å². The Kier molecular flexibility index (Phi) is 8.48. The third kappa shape index (κ3) is 6.36. The molecule has 1 fully saturated rings. The van der Waals surface area contributed by atoms with E-state index in [-0.39, 0.29) is 30.4 Å². The second kappa shape index (κ2) is 11.2. The third-order valence-corrected chi connectivity index (χ3v) is 6.59. The van der Waals surface area contributed by atoms with Crippen molar-refractivity contribution in [2.75, 3.05) is 76.7 Å². The number of halogens is 1. The summed E-state index contributed by atoms with van der Waals surface area (Å²) in [5, 5.41) is 0. The summed E-state index contributed by atoms with van der Waals surface area (Å²) in [5.41, 5.74) is 3.99. The SMILES string of the molecule is CC1CN(C(=O)COc2c(N(C)C)cc(N(C)C)cc2N(C)C)C(C)CN1Cc1ccc(F)cc1. The number of anilines is 3. The number of benzene rings is 2. The Morgan fingerprint density at radius 2 is 1.49 bits per heavy atom. The zero-order chi connectivity index (χ0) is 25.9. The minimum absolute atomic E-state index is 0.0159. The van der Waals surface area contributed by atoms with Gasteiger partial charge in [0.1, 0.15) is 5.82 Å². The fraction of sp³-hybridized carbons (Fsp3) is 0.519. The molecule has 2 atom stereocenters. The molecule has 2 aromatic carbocycles. The Morgan fingerprint density at radius 1 is 0.914 bits per heavy atom. The van der Waals surface area contributed by atoms with Crippen molar-refractivity contribution in [3.8, 4) is 5.75 Å². The maximum Gasteiger partial charge on any atom is 0.260 e. The van der Waals surface area contributed by atoms with E-state index in [0.717, 1.165) is 35.7 Å². The zero-order valence-corrected chi connectivity index (χ0v) is 22.4. The van der Waals surface area contributed by atoms with Gasteiger partial charge in [0.25, 0.3) is 5.91 Å². The molecule has 2 unspecified atom stereocenters. The van der Waals surface area contributed by atoms with Crippen molar-refractivity contribution < 1.29 is 13.9 Å². The summed E-state index contributed by atoms with van der Waals surface area (Å²) >= 11 is 0. The van der Waals surface area contributed by atoms with Crippen LogP contribution >= 0.6 is 0 Å². The summed E-state index contributed by atoms with van der Waals surface area (Å²) in [6.07, 6.45) is 0. The van der Waals surface area contributed by atoms with E-state index < -0.39 is 0 Å². The average molecular weight is 486 g/mol. The van der Waals surface area contributed by atoms with Crippen molar-refractivity contribution in [3.05, 3.63) is 47.8 Å². The number of ether oxygens (including phenoxy) is 1. The predicted molar refractivity (Wildman–Crippen MR) is 142 cm³/mol. The third-order valence-electron chi connectivity index (χ3n) is 6.59. The van der Waals surface area contributed by atoms with Gasteiger partial charge in [0.2, 0.25) is 0 Å². The molecule has 0 spiro atoms. The molecule has 8 heteroatoms. The lowest BCUT2D eigenvalue weighted by molar-refractivity contribution is -0.139. The molecule has 35 heavy (non-hydrogen) atoms. The molecule has 1 amide bonds. The second-order valence-corrected chi connectivity index (χ2v) is 10.1. The lowest BCUT2D eigenvalue weighted by Crippen LogP contribution is -2.58. The number of piperazine rings is 1. The van der Waals surface area contributed by atoms with E-state index in [2.05, 4.69) is 35.8 Å². The smallest absolute Gasteiger partial charge is 0.260 e. The van der Waals surface area contributed by atoms with Crippen LogP contribution in [0.2, 0.25) is 0 Å². The van der Waals surface area contributed by atoms with Gasteiger partial charge >= 0.3 is 0 Å². The van der Waals surface area contributed by atoms with Crippen molar-refractivity contribution in [2.45, 2.75) is 32.5 Å². The topological polar surface area (TPSA) is 42.5 Å². The first-order valence-electron chi connectivity index (χ1n) is 12.1. The molecule has 1 aliphatic heterocycles. The van der Waals surface area contributed by atoms with Gasteiger partial charge in [-0.15, -0.1) is 0 Å². The lowest BCUT2D eigenvalue weighted by atomic mass is 10.1. The molecule has 0 saturated carbocycles. The highest BCUT2D eigenvalue weighted by atomic mass is 19.1. The van der Waals surface area contributed by atoms with Crippen LogP contribution in [0.3, 0.4) is 0 Å². The van der Waals surface area contributed by atoms with Crippen LogP contribution in [-0.2, 0) is 11.3 Å². The van der Waals surface area contributed by atoms with Crippen molar-refractivity contribution in [2.24, 2.45) is 0 Å². The molecule has 192 valence electrons. The first kappa shape index (κ1) is 26.6. The summed E-state index contributed by atoms with van der Waals surface area (Å²) in [5.74, 6) is 0.461. The van der Waals surface area contributed by atoms with Crippen LogP contribution in [0.5, 0.6) is 5.75 Å². The quantitative estimate of drug-likeness (QED) is 0.570. The van der Waals surface area contributed by atoms with E-state index in [1.165, 1.54) is 12.1 Å². The fourth-order valence-corrected chi connectivity index (χ4v) is 4.46. The highest BCUT2D eigenvalue weighted by molar-refractivity contribution is 5.82. The summed E-state index contributed by atoms with van der Waals surface area (Å²) in [4.78, 5) is 23.6. The number of rotatable bonds is 8. The molecule has 0 aliphatic carbocycles. The molecular weight excluding hydrogens is 445 g/mol. The molecule has 1 aliphatic rings. The molecular formula is C27H40FN5O2. The first-order valence-corrected chi connectivity index (χ1v) is 12.1. The van der Waals surface area contributed by atoms with E-state index in [1.807, 2.05) is 69.1 Å². The molecule has 2 aromatic rings. The van der Waals surface area contributed by atoms with Gasteiger partial charge in [-0.1, -0.05) is 12.1 Å². The van der Waals surface area contributed by atoms with Gasteiger partial charge in [-0.2, -0.15) is 0 Å². The monoisotopic (exact) mass is 485 g/mol. The molecule has 3 rings (SSSR count). The number of carbonyl (C=O) groups is 1. The fourth-order valence-electron chi connectivity index (χ4n) is 4.46. The van der Waals surface area contributed by atoms with E-state index in [4.69, 9.17) is 4.74 Å². The van der Waals surface area contributed by atoms with Crippen LogP contribution in [-0.4, -0.2) is 89.8 Å². The Labute approximate surface area is 209 Å². The zero-order valence-electron chi connectivity index (χ0n) is 22.4. The van der Waals surface area contributed by atoms with Gasteiger partial charge in [-0.05, 0) is 43.7 Å². The van der Waals surface area contributed by atoms with Gasteiger partial charge in [-0.25, -0.2) is 4.39 Å². The highest BCUT2D eigenvalue weighted by Crippen LogP contribution is 2.40. The van der Waals surface area contributed by atoms with E-state index >= 15 is 0 Å². The van der Waals surface area contributed by atoms with Gasteiger partial charge in [0, 0.05) is 79.7 Å². The summed E-state index contributed by atoms with van der Waals surface area (Å²) in [6.45, 7) is 6.31. The molecule has 0 N–H and O–H groups in total. The van der Waals surface area contributed by atoms with Crippen LogP contribution < -0.4 is 19.4 Å². The summed E-state index contributed by atoms with van der Waals surface area (Å²) < 4.78 is 19.5. The number of nitrogens with zero attached hydrogens (tertiary/aromatic N) is 5. The van der Waals surface area contributed by atoms with Crippen molar-refractivity contribution in [3.63, 3.8) is 0 Å². The minimum Gasteiger partial charge on any atom is -0.479 e.